The number of phenolic OH excluding ortho intramolecular Hbond substituents is 1. The summed E-state index contributed by atoms with van der Waals surface area (Å²) in [7, 11) is 0. The number of benzene rings is 2. The lowest BCUT2D eigenvalue weighted by Crippen LogP contribution is -2.10. The van der Waals surface area contributed by atoms with Crippen LogP contribution in [-0.2, 0) is 0 Å². The zero-order valence-electron chi connectivity index (χ0n) is 13.9. The minimum Gasteiger partial charge on any atom is -0.508 e. The van der Waals surface area contributed by atoms with E-state index in [1.807, 2.05) is 24.3 Å². The summed E-state index contributed by atoms with van der Waals surface area (Å²) in [4.78, 5) is 0. The van der Waals surface area contributed by atoms with Crippen molar-refractivity contribution in [2.75, 3.05) is 0 Å². The predicted molar refractivity (Wildman–Crippen MR) is 91.8 cm³/mol. The highest BCUT2D eigenvalue weighted by molar-refractivity contribution is 5.40. The summed E-state index contributed by atoms with van der Waals surface area (Å²) >= 11 is 0. The monoisotopic (exact) mass is 298 g/mol. The van der Waals surface area contributed by atoms with Crippen LogP contribution in [0.2, 0.25) is 0 Å². The summed E-state index contributed by atoms with van der Waals surface area (Å²) in [6, 6.07) is 15.7. The first-order chi connectivity index (χ1) is 10.5. The van der Waals surface area contributed by atoms with Crippen molar-refractivity contribution >= 4 is 0 Å². The highest BCUT2D eigenvalue weighted by Gasteiger charge is 2.26. The minimum absolute atomic E-state index is 0.340. The van der Waals surface area contributed by atoms with Crippen LogP contribution in [0.15, 0.2) is 48.5 Å². The van der Waals surface area contributed by atoms with Gasteiger partial charge in [-0.2, -0.15) is 0 Å². The molecule has 1 heterocycles. The van der Waals surface area contributed by atoms with Gasteiger partial charge in [0, 0.05) is 11.5 Å². The Labute approximate surface area is 133 Å². The van der Waals surface area contributed by atoms with Gasteiger partial charge in [-0.25, -0.2) is 0 Å². The zero-order valence-corrected chi connectivity index (χ0v) is 13.9. The van der Waals surface area contributed by atoms with Gasteiger partial charge in [-0.1, -0.05) is 51.1 Å². The van der Waals surface area contributed by atoms with Crippen LogP contribution in [0.4, 0.5) is 0 Å². The van der Waals surface area contributed by atoms with Crippen LogP contribution in [0.3, 0.4) is 0 Å². The lowest BCUT2D eigenvalue weighted by atomic mass is 9.99. The third-order valence-corrected chi connectivity index (χ3v) is 4.50. The highest BCUT2D eigenvalue weighted by Crippen LogP contribution is 2.36. The molecule has 3 atom stereocenters. The summed E-state index contributed by atoms with van der Waals surface area (Å²) < 4.78 is 5.62. The highest BCUT2D eigenvalue weighted by atomic mass is 16.5. The standard InChI is InChI=1S/C10H12O.C10H14O/c1-7-8(2)11-10-6-4-3-5-9(7)10;1-3-8(2)9-4-6-10(11)7-5-9/h3-8H,1-2H3;4-8,11H,3H2,1-2H3. The molecule has 1 aliphatic heterocycles. The number of ether oxygens (including phenoxy) is 1. The number of para-hydroxylation sites is 1. The molecule has 0 spiro atoms. The summed E-state index contributed by atoms with van der Waals surface area (Å²) in [5.74, 6) is 2.55. The molecule has 1 N–H and O–H groups in total. The Morgan fingerprint density at radius 1 is 1.05 bits per heavy atom. The molecule has 0 fully saturated rings. The lowest BCUT2D eigenvalue weighted by molar-refractivity contribution is 0.232. The van der Waals surface area contributed by atoms with Crippen molar-refractivity contribution in [1.29, 1.82) is 0 Å². The smallest absolute Gasteiger partial charge is 0.123 e. The average Bonchev–Trinajstić information content (AvgIpc) is 2.83. The molecule has 3 unspecified atom stereocenters. The van der Waals surface area contributed by atoms with E-state index in [0.717, 1.165) is 12.2 Å². The molecular formula is C20H26O2. The minimum atomic E-state index is 0.340. The molecule has 2 nitrogen and oxygen atoms in total. The summed E-state index contributed by atoms with van der Waals surface area (Å²) in [6.07, 6.45) is 1.48. The summed E-state index contributed by atoms with van der Waals surface area (Å²) in [6.45, 7) is 8.67. The third kappa shape index (κ3) is 3.82. The Morgan fingerprint density at radius 3 is 2.27 bits per heavy atom. The Morgan fingerprint density at radius 2 is 1.68 bits per heavy atom. The van der Waals surface area contributed by atoms with E-state index in [0.29, 0.717) is 23.7 Å². The Bertz CT molecular complexity index is 589. The van der Waals surface area contributed by atoms with Crippen LogP contribution in [0.5, 0.6) is 11.5 Å². The van der Waals surface area contributed by atoms with E-state index in [1.165, 1.54) is 11.1 Å². The second-order valence-electron chi connectivity index (χ2n) is 6.05. The fraction of sp³-hybridized carbons (Fsp3) is 0.400. The molecule has 0 amide bonds. The topological polar surface area (TPSA) is 29.5 Å². The van der Waals surface area contributed by atoms with Gasteiger partial charge in [-0.05, 0) is 43.0 Å². The zero-order chi connectivity index (χ0) is 16.1. The SMILES string of the molecule is CC1Oc2ccccc2C1C.CCC(C)c1ccc(O)cc1. The van der Waals surface area contributed by atoms with Gasteiger partial charge >= 0.3 is 0 Å². The molecule has 2 aromatic rings. The van der Waals surface area contributed by atoms with Crippen LogP contribution < -0.4 is 4.74 Å². The van der Waals surface area contributed by atoms with Crippen molar-refractivity contribution in [1.82, 2.24) is 0 Å². The molecule has 0 aromatic heterocycles. The van der Waals surface area contributed by atoms with Crippen LogP contribution >= 0.6 is 0 Å². The largest absolute Gasteiger partial charge is 0.508 e. The molecule has 2 aromatic carbocycles. The first kappa shape index (κ1) is 16.4. The molecular weight excluding hydrogens is 272 g/mol. The second-order valence-corrected chi connectivity index (χ2v) is 6.05. The number of phenols is 1. The molecule has 0 saturated heterocycles. The average molecular weight is 298 g/mol. The van der Waals surface area contributed by atoms with E-state index < -0.39 is 0 Å². The van der Waals surface area contributed by atoms with Gasteiger partial charge in [0.2, 0.25) is 0 Å². The molecule has 0 saturated carbocycles. The normalized spacial score (nSPS) is 20.4. The molecule has 0 bridgehead atoms. The van der Waals surface area contributed by atoms with Gasteiger partial charge in [0.25, 0.3) is 0 Å². The number of hydrogen-bond donors (Lipinski definition) is 1. The molecule has 22 heavy (non-hydrogen) atoms. The van der Waals surface area contributed by atoms with Crippen LogP contribution in [0.1, 0.15) is 57.1 Å². The third-order valence-electron chi connectivity index (χ3n) is 4.50. The van der Waals surface area contributed by atoms with Gasteiger partial charge in [0.05, 0.1) is 0 Å². The van der Waals surface area contributed by atoms with Crippen molar-refractivity contribution in [3.63, 3.8) is 0 Å². The van der Waals surface area contributed by atoms with Crippen molar-refractivity contribution in [3.8, 4) is 11.5 Å². The first-order valence-electron chi connectivity index (χ1n) is 8.07. The van der Waals surface area contributed by atoms with Gasteiger partial charge in [-0.3, -0.25) is 0 Å². The van der Waals surface area contributed by atoms with E-state index in [9.17, 15) is 0 Å². The van der Waals surface area contributed by atoms with E-state index in [-0.39, 0.29) is 0 Å². The molecule has 3 rings (SSSR count). The maximum Gasteiger partial charge on any atom is 0.123 e. The predicted octanol–water partition coefficient (Wildman–Crippen LogP) is 5.48. The van der Waals surface area contributed by atoms with Crippen molar-refractivity contribution in [2.24, 2.45) is 0 Å². The molecule has 118 valence electrons. The van der Waals surface area contributed by atoms with Crippen LogP contribution in [-0.4, -0.2) is 11.2 Å². The Kier molecular flexibility index (Phi) is 5.48. The van der Waals surface area contributed by atoms with Gasteiger partial charge in [0.15, 0.2) is 0 Å². The van der Waals surface area contributed by atoms with Crippen LogP contribution in [0, 0.1) is 0 Å². The molecule has 2 heteroatoms. The van der Waals surface area contributed by atoms with Crippen molar-refractivity contribution < 1.29 is 9.84 Å². The number of aromatic hydroxyl groups is 1. The van der Waals surface area contributed by atoms with E-state index >= 15 is 0 Å². The summed E-state index contributed by atoms with van der Waals surface area (Å²) in [5.41, 5.74) is 2.64. The lowest BCUT2D eigenvalue weighted by Gasteiger charge is -2.07. The fourth-order valence-electron chi connectivity index (χ4n) is 2.56. The summed E-state index contributed by atoms with van der Waals surface area (Å²) in [5, 5.41) is 9.01. The maximum absolute atomic E-state index is 9.01. The Hall–Kier alpha value is -1.96. The number of rotatable bonds is 2. The van der Waals surface area contributed by atoms with E-state index in [1.54, 1.807) is 12.1 Å². The van der Waals surface area contributed by atoms with E-state index in [2.05, 4.69) is 39.8 Å². The first-order valence-corrected chi connectivity index (χ1v) is 8.07. The van der Waals surface area contributed by atoms with E-state index in [4.69, 9.17) is 9.84 Å². The maximum atomic E-state index is 9.01. The quantitative estimate of drug-likeness (QED) is 0.796. The Balaban J connectivity index is 0.000000160. The molecule has 1 aliphatic rings. The molecule has 0 radical (unpaired) electrons. The second kappa shape index (κ2) is 7.35. The van der Waals surface area contributed by atoms with Crippen molar-refractivity contribution in [3.05, 3.63) is 59.7 Å². The number of fused-ring (bicyclic) bond motifs is 1. The van der Waals surface area contributed by atoms with Gasteiger partial charge < -0.3 is 9.84 Å². The van der Waals surface area contributed by atoms with Gasteiger partial charge in [0.1, 0.15) is 17.6 Å². The molecule has 0 aliphatic carbocycles. The van der Waals surface area contributed by atoms with Crippen molar-refractivity contribution in [2.45, 2.75) is 52.1 Å². The fourth-order valence-corrected chi connectivity index (χ4v) is 2.56. The van der Waals surface area contributed by atoms with Gasteiger partial charge in [-0.15, -0.1) is 0 Å². The van der Waals surface area contributed by atoms with Crippen LogP contribution in [0.25, 0.3) is 0 Å². The number of hydrogen-bond acceptors (Lipinski definition) is 2.